The first-order chi connectivity index (χ1) is 9.19. The maximum Gasteiger partial charge on any atom is 0.121 e. The summed E-state index contributed by atoms with van der Waals surface area (Å²) in [5.74, 6) is 0.863. The summed E-state index contributed by atoms with van der Waals surface area (Å²) >= 11 is 3.60. The minimum atomic E-state index is 0.841. The number of nitrogens with two attached hydrogens (primary N) is 1. The van der Waals surface area contributed by atoms with Crippen LogP contribution in [0.25, 0.3) is 0 Å². The van der Waals surface area contributed by atoms with Crippen LogP contribution in [0.15, 0.2) is 40.9 Å². The maximum atomic E-state index is 6.04. The van der Waals surface area contributed by atoms with Crippen LogP contribution in [0.5, 0.6) is 5.75 Å². The van der Waals surface area contributed by atoms with Crippen molar-refractivity contribution in [2.75, 3.05) is 17.7 Å². The SMILES string of the molecule is COc1ccc(Br)c(N2Cc3cccc(N)c3C2)c1. The van der Waals surface area contributed by atoms with Crippen molar-refractivity contribution in [1.29, 1.82) is 0 Å². The van der Waals surface area contributed by atoms with Crippen LogP contribution in [0.3, 0.4) is 0 Å². The van der Waals surface area contributed by atoms with Crippen molar-refractivity contribution in [3.05, 3.63) is 52.0 Å². The molecule has 0 fully saturated rings. The fraction of sp³-hybridized carbons (Fsp3) is 0.200. The highest BCUT2D eigenvalue weighted by Crippen LogP contribution is 2.37. The molecule has 0 unspecified atom stereocenters. The second-order valence-corrected chi connectivity index (χ2v) is 5.51. The molecule has 3 nitrogen and oxygen atoms in total. The lowest BCUT2D eigenvalue weighted by Gasteiger charge is -2.20. The van der Waals surface area contributed by atoms with E-state index in [1.807, 2.05) is 30.3 Å². The molecule has 2 aromatic carbocycles. The number of hydrogen-bond acceptors (Lipinski definition) is 3. The van der Waals surface area contributed by atoms with Crippen LogP contribution in [-0.2, 0) is 13.1 Å². The van der Waals surface area contributed by atoms with Crippen molar-refractivity contribution in [3.63, 3.8) is 0 Å². The molecule has 0 saturated carbocycles. The van der Waals surface area contributed by atoms with Gasteiger partial charge in [0.25, 0.3) is 0 Å². The van der Waals surface area contributed by atoms with Gasteiger partial charge in [0.05, 0.1) is 12.8 Å². The lowest BCUT2D eigenvalue weighted by Crippen LogP contribution is -2.15. The van der Waals surface area contributed by atoms with Crippen molar-refractivity contribution < 1.29 is 4.74 Å². The Morgan fingerprint density at radius 2 is 2.05 bits per heavy atom. The van der Waals surface area contributed by atoms with Crippen LogP contribution in [0.2, 0.25) is 0 Å². The lowest BCUT2D eigenvalue weighted by atomic mass is 10.1. The van der Waals surface area contributed by atoms with Gasteiger partial charge in [-0.05, 0) is 45.3 Å². The van der Waals surface area contributed by atoms with Crippen LogP contribution in [0.4, 0.5) is 11.4 Å². The van der Waals surface area contributed by atoms with E-state index in [2.05, 4.69) is 26.9 Å². The fourth-order valence-electron chi connectivity index (χ4n) is 2.48. The molecular formula is C15H15BrN2O. The molecule has 19 heavy (non-hydrogen) atoms. The van der Waals surface area contributed by atoms with E-state index in [-0.39, 0.29) is 0 Å². The van der Waals surface area contributed by atoms with Gasteiger partial charge in [-0.3, -0.25) is 0 Å². The van der Waals surface area contributed by atoms with E-state index in [0.29, 0.717) is 0 Å². The Hall–Kier alpha value is -1.68. The molecule has 1 heterocycles. The van der Waals surface area contributed by atoms with Crippen molar-refractivity contribution >= 4 is 27.3 Å². The van der Waals surface area contributed by atoms with Crippen LogP contribution in [-0.4, -0.2) is 7.11 Å². The summed E-state index contributed by atoms with van der Waals surface area (Å²) in [7, 11) is 1.68. The molecule has 0 aliphatic carbocycles. The highest BCUT2D eigenvalue weighted by molar-refractivity contribution is 9.10. The van der Waals surface area contributed by atoms with Crippen molar-refractivity contribution in [1.82, 2.24) is 0 Å². The molecule has 2 N–H and O–H groups in total. The minimum Gasteiger partial charge on any atom is -0.497 e. The number of nitrogens with zero attached hydrogens (tertiary/aromatic N) is 1. The quantitative estimate of drug-likeness (QED) is 0.860. The Labute approximate surface area is 121 Å². The molecule has 0 spiro atoms. The van der Waals surface area contributed by atoms with E-state index in [1.54, 1.807) is 7.11 Å². The number of nitrogen functional groups attached to an aromatic ring is 1. The number of hydrogen-bond donors (Lipinski definition) is 1. The van der Waals surface area contributed by atoms with Gasteiger partial charge in [0.1, 0.15) is 5.75 Å². The summed E-state index contributed by atoms with van der Waals surface area (Å²) in [5.41, 5.74) is 10.6. The molecular weight excluding hydrogens is 304 g/mol. The summed E-state index contributed by atoms with van der Waals surface area (Å²) in [6.45, 7) is 1.72. The Balaban J connectivity index is 1.96. The van der Waals surface area contributed by atoms with Crippen molar-refractivity contribution in [2.24, 2.45) is 0 Å². The Morgan fingerprint density at radius 3 is 2.79 bits per heavy atom. The van der Waals surface area contributed by atoms with Crippen LogP contribution in [0, 0.1) is 0 Å². The largest absolute Gasteiger partial charge is 0.497 e. The topological polar surface area (TPSA) is 38.5 Å². The first-order valence-electron chi connectivity index (χ1n) is 6.14. The van der Waals surface area contributed by atoms with Gasteiger partial charge in [-0.15, -0.1) is 0 Å². The third-order valence-corrected chi connectivity index (χ3v) is 4.18. The highest BCUT2D eigenvalue weighted by atomic mass is 79.9. The molecule has 98 valence electrons. The summed E-state index contributed by atoms with van der Waals surface area (Å²) in [6.07, 6.45) is 0. The number of ether oxygens (including phenoxy) is 1. The van der Waals surface area contributed by atoms with Gasteiger partial charge in [-0.1, -0.05) is 12.1 Å². The van der Waals surface area contributed by atoms with Gasteiger partial charge < -0.3 is 15.4 Å². The fourth-order valence-corrected chi connectivity index (χ4v) is 2.98. The number of fused-ring (bicyclic) bond motifs is 1. The predicted octanol–water partition coefficient (Wildman–Crippen LogP) is 3.56. The molecule has 0 amide bonds. The number of rotatable bonds is 2. The summed E-state index contributed by atoms with van der Waals surface area (Å²) in [6, 6.07) is 12.1. The molecule has 0 aromatic heterocycles. The van der Waals surface area contributed by atoms with Crippen molar-refractivity contribution in [3.8, 4) is 5.75 Å². The monoisotopic (exact) mass is 318 g/mol. The third kappa shape index (κ3) is 2.16. The Morgan fingerprint density at radius 1 is 1.21 bits per heavy atom. The molecule has 3 rings (SSSR count). The zero-order valence-electron chi connectivity index (χ0n) is 10.7. The average Bonchev–Trinajstić information content (AvgIpc) is 2.84. The summed E-state index contributed by atoms with van der Waals surface area (Å²) < 4.78 is 6.37. The van der Waals surface area contributed by atoms with E-state index < -0.39 is 0 Å². The molecule has 1 aliphatic rings. The van der Waals surface area contributed by atoms with E-state index in [0.717, 1.165) is 34.7 Å². The van der Waals surface area contributed by atoms with E-state index >= 15 is 0 Å². The third-order valence-electron chi connectivity index (χ3n) is 3.51. The smallest absolute Gasteiger partial charge is 0.121 e. The maximum absolute atomic E-state index is 6.04. The predicted molar refractivity (Wildman–Crippen MR) is 81.4 cm³/mol. The van der Waals surface area contributed by atoms with E-state index in [4.69, 9.17) is 10.5 Å². The zero-order chi connectivity index (χ0) is 13.4. The normalized spacial score (nSPS) is 13.5. The first-order valence-corrected chi connectivity index (χ1v) is 6.93. The number of benzene rings is 2. The van der Waals surface area contributed by atoms with Crippen molar-refractivity contribution in [2.45, 2.75) is 13.1 Å². The van der Waals surface area contributed by atoms with Gasteiger partial charge in [0.2, 0.25) is 0 Å². The Kier molecular flexibility index (Phi) is 3.11. The first kappa shape index (κ1) is 12.4. The molecule has 0 saturated heterocycles. The Bertz CT molecular complexity index is 628. The molecule has 2 aromatic rings. The minimum absolute atomic E-state index is 0.841. The van der Waals surface area contributed by atoms with Crippen LogP contribution >= 0.6 is 15.9 Å². The van der Waals surface area contributed by atoms with Gasteiger partial charge in [-0.25, -0.2) is 0 Å². The number of anilines is 2. The summed E-state index contributed by atoms with van der Waals surface area (Å²) in [4.78, 5) is 2.30. The van der Waals surface area contributed by atoms with Gasteiger partial charge >= 0.3 is 0 Å². The van der Waals surface area contributed by atoms with Gasteiger partial charge in [0, 0.05) is 29.3 Å². The van der Waals surface area contributed by atoms with Crippen LogP contribution < -0.4 is 15.4 Å². The number of halogens is 1. The molecule has 4 heteroatoms. The van der Waals surface area contributed by atoms with E-state index in [1.165, 1.54) is 11.1 Å². The second-order valence-electron chi connectivity index (χ2n) is 4.66. The second kappa shape index (κ2) is 4.78. The molecule has 0 bridgehead atoms. The molecule has 0 atom stereocenters. The van der Waals surface area contributed by atoms with Gasteiger partial charge in [-0.2, -0.15) is 0 Å². The lowest BCUT2D eigenvalue weighted by molar-refractivity contribution is 0.414. The zero-order valence-corrected chi connectivity index (χ0v) is 12.3. The number of methoxy groups -OCH3 is 1. The molecule has 1 aliphatic heterocycles. The standard InChI is InChI=1S/C15H15BrN2O/c1-19-11-5-6-13(16)15(7-11)18-8-10-3-2-4-14(17)12(10)9-18/h2-7H,8-9,17H2,1H3. The highest BCUT2D eigenvalue weighted by Gasteiger charge is 2.22. The van der Waals surface area contributed by atoms with Crippen LogP contribution in [0.1, 0.15) is 11.1 Å². The van der Waals surface area contributed by atoms with Gasteiger partial charge in [0.15, 0.2) is 0 Å². The summed E-state index contributed by atoms with van der Waals surface area (Å²) in [5, 5.41) is 0. The average molecular weight is 319 g/mol. The molecule has 0 radical (unpaired) electrons. The van der Waals surface area contributed by atoms with E-state index in [9.17, 15) is 0 Å².